The van der Waals surface area contributed by atoms with E-state index in [1.54, 1.807) is 0 Å². The number of carbonyl (C=O) groups excluding carboxylic acids is 2. The summed E-state index contributed by atoms with van der Waals surface area (Å²) < 4.78 is 10.7. The first-order valence-electron chi connectivity index (χ1n) is 9.10. The van der Waals surface area contributed by atoms with E-state index < -0.39 is 0 Å². The fourth-order valence-electron chi connectivity index (χ4n) is 2.19. The minimum atomic E-state index is -0.312. The lowest BCUT2D eigenvalue weighted by atomic mass is 10.1. The van der Waals surface area contributed by atoms with Crippen LogP contribution < -0.4 is 5.32 Å². The smallest absolute Gasteiger partial charge is 0.307 e. The molecule has 1 aromatic rings. The molecule has 5 nitrogen and oxygen atoms in total. The molecule has 0 spiro atoms. The first-order valence-corrected chi connectivity index (χ1v) is 9.10. The van der Waals surface area contributed by atoms with E-state index in [2.05, 4.69) is 5.32 Å². The Bertz CT molecular complexity index is 492. The van der Waals surface area contributed by atoms with Crippen LogP contribution in [0.3, 0.4) is 0 Å². The van der Waals surface area contributed by atoms with Crippen LogP contribution >= 0.6 is 0 Å². The highest BCUT2D eigenvalue weighted by atomic mass is 16.5. The molecule has 0 saturated carbocycles. The summed E-state index contributed by atoms with van der Waals surface area (Å²) in [5.74, 6) is -0.590. The van der Waals surface area contributed by atoms with Gasteiger partial charge >= 0.3 is 11.9 Å². The summed E-state index contributed by atoms with van der Waals surface area (Å²) in [4.78, 5) is 24.2. The van der Waals surface area contributed by atoms with Crippen LogP contribution in [0.25, 0.3) is 0 Å². The van der Waals surface area contributed by atoms with Gasteiger partial charge in [0.05, 0.1) is 25.0 Å². The standard InChI is InChI=1S/C20H31NO4/c1-5-15(3)24-19(22)12-18(13-20(23)25-16(4)6-2)21-14-17-10-8-7-9-11-17/h7-11,15-16,18,21H,5-6,12-14H2,1-4H3. The molecule has 0 fully saturated rings. The first kappa shape index (κ1) is 21.2. The third-order valence-electron chi connectivity index (χ3n) is 4.08. The molecular weight excluding hydrogens is 318 g/mol. The van der Waals surface area contributed by atoms with Gasteiger partial charge in [-0.3, -0.25) is 9.59 Å². The van der Waals surface area contributed by atoms with Crippen LogP contribution in [0, 0.1) is 0 Å². The van der Waals surface area contributed by atoms with Crippen molar-refractivity contribution in [2.24, 2.45) is 0 Å². The zero-order valence-electron chi connectivity index (χ0n) is 15.8. The Morgan fingerprint density at radius 1 is 0.920 bits per heavy atom. The third kappa shape index (κ3) is 9.25. The monoisotopic (exact) mass is 349 g/mol. The summed E-state index contributed by atoms with van der Waals surface area (Å²) in [7, 11) is 0. The molecule has 0 aliphatic heterocycles. The molecule has 0 aliphatic carbocycles. The third-order valence-corrected chi connectivity index (χ3v) is 4.08. The molecule has 2 unspecified atom stereocenters. The largest absolute Gasteiger partial charge is 0.463 e. The van der Waals surface area contributed by atoms with E-state index >= 15 is 0 Å². The zero-order valence-corrected chi connectivity index (χ0v) is 15.8. The number of hydrogen-bond donors (Lipinski definition) is 1. The van der Waals surface area contributed by atoms with Gasteiger partial charge in [-0.2, -0.15) is 0 Å². The number of esters is 2. The van der Waals surface area contributed by atoms with Crippen molar-refractivity contribution >= 4 is 11.9 Å². The van der Waals surface area contributed by atoms with Gasteiger partial charge in [0.2, 0.25) is 0 Å². The summed E-state index contributed by atoms with van der Waals surface area (Å²) >= 11 is 0. The Morgan fingerprint density at radius 2 is 1.40 bits per heavy atom. The number of ether oxygens (including phenoxy) is 2. The lowest BCUT2D eigenvalue weighted by Gasteiger charge is -2.20. The summed E-state index contributed by atoms with van der Waals surface area (Å²) in [5.41, 5.74) is 1.10. The van der Waals surface area contributed by atoms with E-state index in [9.17, 15) is 9.59 Å². The summed E-state index contributed by atoms with van der Waals surface area (Å²) in [6.45, 7) is 8.24. The van der Waals surface area contributed by atoms with Crippen LogP contribution in [0.2, 0.25) is 0 Å². The SMILES string of the molecule is CCC(C)OC(=O)CC(CC(=O)OC(C)CC)NCc1ccccc1. The van der Waals surface area contributed by atoms with Crippen molar-refractivity contribution in [3.8, 4) is 0 Å². The second kappa shape index (κ2) is 11.6. The maximum absolute atomic E-state index is 12.1. The Labute approximate surface area is 151 Å². The maximum atomic E-state index is 12.1. The number of rotatable bonds is 11. The van der Waals surface area contributed by atoms with E-state index in [-0.39, 0.29) is 43.0 Å². The van der Waals surface area contributed by atoms with E-state index in [1.165, 1.54) is 0 Å². The molecule has 0 radical (unpaired) electrons. The Balaban J connectivity index is 2.61. The van der Waals surface area contributed by atoms with Crippen LogP contribution in [0.5, 0.6) is 0 Å². The first-order chi connectivity index (χ1) is 11.9. The zero-order chi connectivity index (χ0) is 18.7. The summed E-state index contributed by atoms with van der Waals surface area (Å²) in [6.07, 6.45) is 1.59. The molecule has 1 aromatic carbocycles. The topological polar surface area (TPSA) is 64.6 Å². The van der Waals surface area contributed by atoms with Crippen molar-refractivity contribution in [1.82, 2.24) is 5.32 Å². The molecule has 1 rings (SSSR count). The van der Waals surface area contributed by atoms with E-state index in [0.29, 0.717) is 6.54 Å². The quantitative estimate of drug-likeness (QED) is 0.618. The molecule has 0 heterocycles. The average Bonchev–Trinajstić information content (AvgIpc) is 2.60. The number of benzene rings is 1. The normalized spacial score (nSPS) is 14.4. The Morgan fingerprint density at radius 3 is 1.84 bits per heavy atom. The molecule has 2 atom stereocenters. The maximum Gasteiger partial charge on any atom is 0.307 e. The molecule has 0 bridgehead atoms. The lowest BCUT2D eigenvalue weighted by molar-refractivity contribution is -0.151. The molecule has 25 heavy (non-hydrogen) atoms. The highest BCUT2D eigenvalue weighted by Crippen LogP contribution is 2.09. The Kier molecular flexibility index (Phi) is 9.85. The van der Waals surface area contributed by atoms with Gasteiger partial charge in [0, 0.05) is 12.6 Å². The minimum absolute atomic E-state index is 0.116. The molecule has 5 heteroatoms. The molecule has 140 valence electrons. The number of hydrogen-bond acceptors (Lipinski definition) is 5. The molecular formula is C20H31NO4. The number of carbonyl (C=O) groups is 2. The highest BCUT2D eigenvalue weighted by Gasteiger charge is 2.21. The molecule has 0 aromatic heterocycles. The van der Waals surface area contributed by atoms with Gasteiger partial charge in [-0.05, 0) is 32.3 Å². The van der Waals surface area contributed by atoms with Gasteiger partial charge in [0.1, 0.15) is 0 Å². The predicted molar refractivity (Wildman–Crippen MR) is 98.0 cm³/mol. The van der Waals surface area contributed by atoms with Crippen molar-refractivity contribution in [3.63, 3.8) is 0 Å². The van der Waals surface area contributed by atoms with Gasteiger partial charge in [-0.15, -0.1) is 0 Å². The van der Waals surface area contributed by atoms with Crippen molar-refractivity contribution in [3.05, 3.63) is 35.9 Å². The number of nitrogens with one attached hydrogen (secondary N) is 1. The summed E-state index contributed by atoms with van der Waals surface area (Å²) in [6, 6.07) is 9.56. The minimum Gasteiger partial charge on any atom is -0.463 e. The Hall–Kier alpha value is -1.88. The van der Waals surface area contributed by atoms with Gasteiger partial charge < -0.3 is 14.8 Å². The van der Waals surface area contributed by atoms with Gasteiger partial charge in [-0.1, -0.05) is 44.2 Å². The fraction of sp³-hybridized carbons (Fsp3) is 0.600. The highest BCUT2D eigenvalue weighted by molar-refractivity contribution is 5.74. The van der Waals surface area contributed by atoms with Crippen molar-refractivity contribution < 1.29 is 19.1 Å². The van der Waals surface area contributed by atoms with Crippen molar-refractivity contribution in [2.75, 3.05) is 0 Å². The van der Waals surface area contributed by atoms with Crippen molar-refractivity contribution in [2.45, 2.75) is 78.2 Å². The lowest BCUT2D eigenvalue weighted by Crippen LogP contribution is -2.35. The van der Waals surface area contributed by atoms with Crippen LogP contribution in [-0.4, -0.2) is 30.2 Å². The van der Waals surface area contributed by atoms with E-state index in [1.807, 2.05) is 58.0 Å². The molecule has 1 N–H and O–H groups in total. The van der Waals surface area contributed by atoms with Crippen molar-refractivity contribution in [1.29, 1.82) is 0 Å². The molecule has 0 saturated heterocycles. The molecule has 0 amide bonds. The van der Waals surface area contributed by atoms with Gasteiger partial charge in [0.15, 0.2) is 0 Å². The van der Waals surface area contributed by atoms with Gasteiger partial charge in [0.25, 0.3) is 0 Å². The predicted octanol–water partition coefficient (Wildman–Crippen LogP) is 3.61. The average molecular weight is 349 g/mol. The second-order valence-electron chi connectivity index (χ2n) is 6.39. The second-order valence-corrected chi connectivity index (χ2v) is 6.39. The van der Waals surface area contributed by atoms with Crippen LogP contribution in [0.15, 0.2) is 30.3 Å². The van der Waals surface area contributed by atoms with E-state index in [4.69, 9.17) is 9.47 Å². The van der Waals surface area contributed by atoms with Gasteiger partial charge in [-0.25, -0.2) is 0 Å². The van der Waals surface area contributed by atoms with Crippen LogP contribution in [0.1, 0.15) is 58.9 Å². The molecule has 0 aliphatic rings. The van der Waals surface area contributed by atoms with Crippen LogP contribution in [-0.2, 0) is 25.6 Å². The summed E-state index contributed by atoms with van der Waals surface area (Å²) in [5, 5.41) is 3.28. The van der Waals surface area contributed by atoms with Crippen LogP contribution in [0.4, 0.5) is 0 Å². The van der Waals surface area contributed by atoms with E-state index in [0.717, 1.165) is 18.4 Å². The fourth-order valence-corrected chi connectivity index (χ4v) is 2.19.